The van der Waals surface area contributed by atoms with Gasteiger partial charge in [-0.15, -0.1) is 34.9 Å². The van der Waals surface area contributed by atoms with Gasteiger partial charge in [-0.25, -0.2) is 4.85 Å². The van der Waals surface area contributed by atoms with Gasteiger partial charge in [0.1, 0.15) is 0 Å². The third-order valence-corrected chi connectivity index (χ3v) is 8.77. The Bertz CT molecular complexity index is 1750. The Labute approximate surface area is 302 Å². The zero-order chi connectivity index (χ0) is 34.8. The quantitative estimate of drug-likeness (QED) is 0.0983. The van der Waals surface area contributed by atoms with Crippen LogP contribution in [-0.2, 0) is 24.9 Å². The van der Waals surface area contributed by atoms with Gasteiger partial charge in [-0.3, -0.25) is 9.78 Å². The second-order valence-electron chi connectivity index (χ2n) is 12.6. The van der Waals surface area contributed by atoms with Crippen molar-refractivity contribution in [3.8, 4) is 33.8 Å². The van der Waals surface area contributed by atoms with Crippen LogP contribution in [0.4, 0.5) is 5.69 Å². The van der Waals surface area contributed by atoms with Gasteiger partial charge >= 0.3 is 0 Å². The second kappa shape index (κ2) is 18.6. The fourth-order valence-corrected chi connectivity index (χ4v) is 6.12. The van der Waals surface area contributed by atoms with Gasteiger partial charge in [0.05, 0.1) is 23.7 Å². The maximum absolute atomic E-state index is 11.7. The molecule has 6 heteroatoms. The fraction of sp³-hybridized carbons (Fsp3) is 0.381. The number of aliphatic hydroxyl groups is 1. The molecule has 0 aliphatic carbocycles. The Morgan fingerprint density at radius 1 is 0.854 bits per heavy atom. The molecule has 48 heavy (non-hydrogen) atoms. The number of allylic oxidation sites excluding steroid dienone is 2. The van der Waals surface area contributed by atoms with Gasteiger partial charge in [0, 0.05) is 49.9 Å². The summed E-state index contributed by atoms with van der Waals surface area (Å²) in [5, 5.41) is 9.76. The third-order valence-electron chi connectivity index (χ3n) is 8.77. The van der Waals surface area contributed by atoms with Crippen LogP contribution in [0.25, 0.3) is 38.6 Å². The molecule has 0 fully saturated rings. The van der Waals surface area contributed by atoms with Gasteiger partial charge in [-0.2, -0.15) is 0 Å². The molecule has 0 saturated heterocycles. The molecular formula is C42H50IrN3O2-. The van der Waals surface area contributed by atoms with Crippen LogP contribution < -0.4 is 0 Å². The first-order valence-electron chi connectivity index (χ1n) is 16.8. The van der Waals surface area contributed by atoms with Crippen molar-refractivity contribution in [2.24, 2.45) is 11.8 Å². The SMILES string of the molecule is CCC(CC)C(=O)/C=C(\O)C(CC)CC.[C-]#[N+]c1c(C)ccc(-c2cnc(-c3[c-]c(C)cc(C)c3)c(-c3cc(C)cc(C)c3)n2)c1C.[Ir]. The maximum atomic E-state index is 11.7. The number of ketones is 1. The zero-order valence-electron chi connectivity index (χ0n) is 30.2. The molecule has 3 aromatic carbocycles. The molecule has 1 heterocycles. The summed E-state index contributed by atoms with van der Waals surface area (Å²) in [6.07, 6.45) is 6.72. The number of aryl methyl sites for hydroxylation is 5. The number of hydrogen-bond donors (Lipinski definition) is 1. The van der Waals surface area contributed by atoms with Crippen molar-refractivity contribution in [3.05, 3.63) is 111 Å². The molecular weight excluding hydrogens is 771 g/mol. The van der Waals surface area contributed by atoms with E-state index >= 15 is 0 Å². The van der Waals surface area contributed by atoms with Crippen molar-refractivity contribution in [2.45, 2.75) is 94.9 Å². The first-order valence-corrected chi connectivity index (χ1v) is 16.8. The average molecular weight is 821 g/mol. The van der Waals surface area contributed by atoms with Gasteiger partial charge in [-0.05, 0) is 75.6 Å². The fourth-order valence-electron chi connectivity index (χ4n) is 6.12. The molecule has 0 unspecified atom stereocenters. The Balaban J connectivity index is 0.000000427. The Morgan fingerprint density at radius 2 is 1.44 bits per heavy atom. The van der Waals surface area contributed by atoms with E-state index in [1.807, 2.05) is 59.9 Å². The van der Waals surface area contributed by atoms with Crippen LogP contribution in [0.5, 0.6) is 0 Å². The third kappa shape index (κ3) is 10.0. The largest absolute Gasteiger partial charge is 0.512 e. The summed E-state index contributed by atoms with van der Waals surface area (Å²) in [4.78, 5) is 25.5. The van der Waals surface area contributed by atoms with Gasteiger partial charge in [0.25, 0.3) is 0 Å². The van der Waals surface area contributed by atoms with Gasteiger partial charge in [0.2, 0.25) is 0 Å². The van der Waals surface area contributed by atoms with E-state index in [0.29, 0.717) is 5.69 Å². The monoisotopic (exact) mass is 821 g/mol. The van der Waals surface area contributed by atoms with Crippen LogP contribution >= 0.6 is 0 Å². The number of hydrogen-bond acceptors (Lipinski definition) is 4. The molecule has 1 aromatic heterocycles. The molecule has 0 saturated carbocycles. The van der Waals surface area contributed by atoms with E-state index < -0.39 is 0 Å². The number of aromatic nitrogens is 2. The Kier molecular flexibility index (Phi) is 15.6. The molecule has 0 spiro atoms. The van der Waals surface area contributed by atoms with Crippen LogP contribution in [0.2, 0.25) is 0 Å². The molecule has 0 atom stereocenters. The topological polar surface area (TPSA) is 67.4 Å². The minimum absolute atomic E-state index is 0. The van der Waals surface area contributed by atoms with Crippen LogP contribution in [0.3, 0.4) is 0 Å². The molecule has 1 N–H and O–H groups in total. The van der Waals surface area contributed by atoms with E-state index in [0.717, 1.165) is 76.1 Å². The van der Waals surface area contributed by atoms with Gasteiger partial charge in [-0.1, -0.05) is 83.0 Å². The molecule has 4 rings (SSSR count). The average Bonchev–Trinajstić information content (AvgIpc) is 3.01. The summed E-state index contributed by atoms with van der Waals surface area (Å²) < 4.78 is 0. The van der Waals surface area contributed by atoms with Crippen LogP contribution in [-0.4, -0.2) is 20.9 Å². The molecule has 0 bridgehead atoms. The van der Waals surface area contributed by atoms with Crippen molar-refractivity contribution in [1.29, 1.82) is 0 Å². The van der Waals surface area contributed by atoms with Crippen molar-refractivity contribution in [2.75, 3.05) is 0 Å². The number of carbonyl (C=O) groups is 1. The van der Waals surface area contributed by atoms with E-state index in [-0.39, 0.29) is 43.5 Å². The minimum Gasteiger partial charge on any atom is -0.512 e. The van der Waals surface area contributed by atoms with Gasteiger partial charge in [0.15, 0.2) is 11.5 Å². The Morgan fingerprint density at radius 3 is 1.98 bits per heavy atom. The summed E-state index contributed by atoms with van der Waals surface area (Å²) in [7, 11) is 0. The van der Waals surface area contributed by atoms with Crippen molar-refractivity contribution >= 4 is 11.5 Å². The van der Waals surface area contributed by atoms with E-state index in [1.54, 1.807) is 0 Å². The smallest absolute Gasteiger partial charge is 0.193 e. The first kappa shape index (κ1) is 40.3. The number of nitrogens with zero attached hydrogens (tertiary/aromatic N) is 3. The van der Waals surface area contributed by atoms with Crippen LogP contribution in [0.1, 0.15) is 86.8 Å². The summed E-state index contributed by atoms with van der Waals surface area (Å²) in [6, 6.07) is 18.2. The number of aliphatic hydroxyl groups excluding tert-OH is 1. The predicted octanol–water partition coefficient (Wildman–Crippen LogP) is 11.5. The zero-order valence-corrected chi connectivity index (χ0v) is 32.6. The summed E-state index contributed by atoms with van der Waals surface area (Å²) in [5.41, 5.74) is 12.6. The number of benzene rings is 3. The molecule has 4 aromatic rings. The van der Waals surface area contributed by atoms with Crippen LogP contribution in [0, 0.1) is 66.0 Å². The molecule has 0 aliphatic rings. The molecule has 5 nitrogen and oxygen atoms in total. The summed E-state index contributed by atoms with van der Waals surface area (Å²) >= 11 is 0. The second-order valence-corrected chi connectivity index (χ2v) is 12.6. The molecule has 1 radical (unpaired) electrons. The maximum Gasteiger partial charge on any atom is 0.193 e. The molecule has 255 valence electrons. The van der Waals surface area contributed by atoms with Crippen LogP contribution in [0.15, 0.2) is 60.5 Å². The molecule has 0 amide bonds. The first-order chi connectivity index (χ1) is 22.4. The van der Waals surface area contributed by atoms with E-state index in [2.05, 4.69) is 68.9 Å². The minimum atomic E-state index is 0. The predicted molar refractivity (Wildman–Crippen MR) is 196 cm³/mol. The summed E-state index contributed by atoms with van der Waals surface area (Å²) in [6.45, 7) is 27.9. The van der Waals surface area contributed by atoms with E-state index in [1.165, 1.54) is 22.8 Å². The number of rotatable bonds is 10. The van der Waals surface area contributed by atoms with Crippen molar-refractivity contribution < 1.29 is 30.0 Å². The normalized spacial score (nSPS) is 11.1. The van der Waals surface area contributed by atoms with E-state index in [9.17, 15) is 9.90 Å². The standard InChI is InChI=1S/C29H26N3.C13H24O2.Ir/c1-17-10-18(2)13-23(12-17)28-29(24-14-19(3)11-20(4)15-24)32-26(16-31-28)25-9-8-21(5)27(30-7)22(25)6;1-5-10(6-2)12(14)9-13(15)11(7-3)8-4;/h8-12,14-16H,1-6H3;9-11,14H,5-8H2,1-4H3;/q-1;;/b;12-9-;. The van der Waals surface area contributed by atoms with Gasteiger partial charge < -0.3 is 10.1 Å². The summed E-state index contributed by atoms with van der Waals surface area (Å²) in [5.74, 6) is 0.547. The van der Waals surface area contributed by atoms with Crippen molar-refractivity contribution in [3.63, 3.8) is 0 Å². The van der Waals surface area contributed by atoms with E-state index in [4.69, 9.17) is 16.5 Å². The molecule has 0 aliphatic heterocycles. The number of carbonyl (C=O) groups excluding carboxylic acids is 1. The van der Waals surface area contributed by atoms with Crippen molar-refractivity contribution in [1.82, 2.24) is 9.97 Å². The Hall–Kier alpha value is -3.91.